The number of amides is 1. The van der Waals surface area contributed by atoms with Crippen LogP contribution in [0.4, 0.5) is 0 Å². The Morgan fingerprint density at radius 2 is 2.24 bits per heavy atom. The zero-order chi connectivity index (χ0) is 12.5. The fraction of sp³-hybridized carbons (Fsp3) is 0.923. The molecule has 1 aliphatic carbocycles. The summed E-state index contributed by atoms with van der Waals surface area (Å²) in [5.74, 6) is 0.866. The number of hydrogen-bond acceptors (Lipinski definition) is 3. The number of rotatable bonds is 4. The summed E-state index contributed by atoms with van der Waals surface area (Å²) in [5.41, 5.74) is 5.93. The van der Waals surface area contributed by atoms with Gasteiger partial charge in [-0.25, -0.2) is 0 Å². The van der Waals surface area contributed by atoms with Crippen molar-refractivity contribution in [3.8, 4) is 0 Å². The minimum atomic E-state index is -0.183. The van der Waals surface area contributed by atoms with Crippen LogP contribution in [0.3, 0.4) is 0 Å². The first-order valence-electron chi connectivity index (χ1n) is 6.70. The Morgan fingerprint density at radius 1 is 1.53 bits per heavy atom. The van der Waals surface area contributed by atoms with Gasteiger partial charge in [0.25, 0.3) is 0 Å². The summed E-state index contributed by atoms with van der Waals surface area (Å²) < 4.78 is 0. The fourth-order valence-electron chi connectivity index (χ4n) is 2.91. The van der Waals surface area contributed by atoms with Crippen LogP contribution in [0.25, 0.3) is 0 Å². The van der Waals surface area contributed by atoms with E-state index in [2.05, 4.69) is 11.9 Å². The molecule has 1 heterocycles. The van der Waals surface area contributed by atoms with Gasteiger partial charge in [0.2, 0.25) is 5.91 Å². The van der Waals surface area contributed by atoms with Gasteiger partial charge in [0.15, 0.2) is 0 Å². The van der Waals surface area contributed by atoms with E-state index in [9.17, 15) is 4.79 Å². The molecule has 2 rings (SSSR count). The van der Waals surface area contributed by atoms with Gasteiger partial charge in [-0.05, 0) is 45.2 Å². The van der Waals surface area contributed by atoms with Crippen molar-refractivity contribution in [2.75, 3.05) is 33.7 Å². The van der Waals surface area contributed by atoms with Crippen molar-refractivity contribution < 1.29 is 4.79 Å². The average molecular weight is 239 g/mol. The molecule has 98 valence electrons. The maximum absolute atomic E-state index is 12.1. The molecule has 0 bridgehead atoms. The van der Waals surface area contributed by atoms with Crippen LogP contribution in [0.1, 0.15) is 32.1 Å². The minimum Gasteiger partial charge on any atom is -0.345 e. The topological polar surface area (TPSA) is 49.6 Å². The number of nitrogens with zero attached hydrogens (tertiary/aromatic N) is 2. The van der Waals surface area contributed by atoms with E-state index in [1.807, 2.05) is 11.9 Å². The van der Waals surface area contributed by atoms with Crippen LogP contribution in [0.15, 0.2) is 0 Å². The summed E-state index contributed by atoms with van der Waals surface area (Å²) in [5, 5.41) is 0. The second-order valence-electron chi connectivity index (χ2n) is 6.08. The molecule has 2 aliphatic rings. The molecule has 4 heteroatoms. The largest absolute Gasteiger partial charge is 0.345 e. The van der Waals surface area contributed by atoms with Crippen molar-refractivity contribution in [1.29, 1.82) is 0 Å². The first-order valence-corrected chi connectivity index (χ1v) is 6.70. The second kappa shape index (κ2) is 4.94. The highest BCUT2D eigenvalue weighted by atomic mass is 16.2. The van der Waals surface area contributed by atoms with Crippen molar-refractivity contribution in [2.24, 2.45) is 11.7 Å². The quantitative estimate of drug-likeness (QED) is 0.784. The zero-order valence-electron chi connectivity index (χ0n) is 11.1. The molecule has 1 saturated heterocycles. The van der Waals surface area contributed by atoms with Gasteiger partial charge in [-0.3, -0.25) is 4.79 Å². The lowest BCUT2D eigenvalue weighted by Gasteiger charge is -2.38. The molecule has 2 fully saturated rings. The van der Waals surface area contributed by atoms with Gasteiger partial charge in [-0.2, -0.15) is 0 Å². The first-order chi connectivity index (χ1) is 7.98. The third-order valence-corrected chi connectivity index (χ3v) is 4.30. The molecule has 17 heavy (non-hydrogen) atoms. The van der Waals surface area contributed by atoms with Crippen molar-refractivity contribution in [3.05, 3.63) is 0 Å². The highest BCUT2D eigenvalue weighted by Gasteiger charge is 2.35. The highest BCUT2D eigenvalue weighted by Crippen LogP contribution is 2.32. The van der Waals surface area contributed by atoms with Gasteiger partial charge < -0.3 is 15.5 Å². The predicted molar refractivity (Wildman–Crippen MR) is 68.6 cm³/mol. The molecule has 1 amide bonds. The SMILES string of the molecule is CN1CCC(CN(C)C(=O)CC2(N)CCC2)C1. The molecule has 0 spiro atoms. The minimum absolute atomic E-state index is 0.183. The van der Waals surface area contributed by atoms with Crippen LogP contribution in [0.2, 0.25) is 0 Å². The van der Waals surface area contributed by atoms with Gasteiger partial charge >= 0.3 is 0 Å². The van der Waals surface area contributed by atoms with Crippen LogP contribution >= 0.6 is 0 Å². The number of carbonyl (C=O) groups excluding carboxylic acids is 1. The number of carbonyl (C=O) groups is 1. The van der Waals surface area contributed by atoms with E-state index in [0.717, 1.165) is 32.5 Å². The molecule has 0 aromatic rings. The Labute approximate surface area is 104 Å². The standard InChI is InChI=1S/C13H25N3O/c1-15-7-4-11(9-15)10-16(2)12(17)8-13(14)5-3-6-13/h11H,3-10,14H2,1-2H3. The molecule has 1 saturated carbocycles. The first kappa shape index (κ1) is 12.8. The smallest absolute Gasteiger partial charge is 0.224 e. The van der Waals surface area contributed by atoms with Crippen molar-refractivity contribution in [3.63, 3.8) is 0 Å². The van der Waals surface area contributed by atoms with E-state index in [0.29, 0.717) is 12.3 Å². The van der Waals surface area contributed by atoms with Crippen molar-refractivity contribution >= 4 is 5.91 Å². The van der Waals surface area contributed by atoms with E-state index in [1.165, 1.54) is 12.8 Å². The average Bonchev–Trinajstić information content (AvgIpc) is 2.61. The number of nitrogens with two attached hydrogens (primary N) is 1. The molecular weight excluding hydrogens is 214 g/mol. The summed E-state index contributed by atoms with van der Waals surface area (Å²) in [7, 11) is 4.06. The summed E-state index contributed by atoms with van der Waals surface area (Å²) in [6.07, 6.45) is 4.95. The summed E-state index contributed by atoms with van der Waals surface area (Å²) in [6, 6.07) is 0. The Morgan fingerprint density at radius 3 is 2.71 bits per heavy atom. The zero-order valence-corrected chi connectivity index (χ0v) is 11.1. The Bertz CT molecular complexity index is 288. The van der Waals surface area contributed by atoms with Gasteiger partial charge in [-0.1, -0.05) is 0 Å². The lowest BCUT2D eigenvalue weighted by molar-refractivity contribution is -0.132. The molecule has 1 atom stereocenters. The van der Waals surface area contributed by atoms with Crippen molar-refractivity contribution in [1.82, 2.24) is 9.80 Å². The molecule has 1 aliphatic heterocycles. The van der Waals surface area contributed by atoms with E-state index >= 15 is 0 Å². The van der Waals surface area contributed by atoms with Gasteiger partial charge in [0, 0.05) is 32.1 Å². The van der Waals surface area contributed by atoms with E-state index in [4.69, 9.17) is 5.73 Å². The van der Waals surface area contributed by atoms with Crippen LogP contribution in [0, 0.1) is 5.92 Å². The monoisotopic (exact) mass is 239 g/mol. The third-order valence-electron chi connectivity index (χ3n) is 4.30. The predicted octanol–water partition coefficient (Wildman–Crippen LogP) is 0.668. The van der Waals surface area contributed by atoms with Gasteiger partial charge in [0.05, 0.1) is 0 Å². The van der Waals surface area contributed by atoms with E-state index in [1.54, 1.807) is 0 Å². The maximum Gasteiger partial charge on any atom is 0.224 e. The molecule has 4 nitrogen and oxygen atoms in total. The molecule has 0 radical (unpaired) electrons. The molecule has 0 aromatic carbocycles. The Kier molecular flexibility index (Phi) is 3.73. The molecule has 0 aromatic heterocycles. The fourth-order valence-corrected chi connectivity index (χ4v) is 2.91. The van der Waals surface area contributed by atoms with Crippen LogP contribution in [-0.4, -0.2) is 55.0 Å². The summed E-state index contributed by atoms with van der Waals surface area (Å²) in [4.78, 5) is 16.3. The molecule has 1 unspecified atom stereocenters. The maximum atomic E-state index is 12.1. The van der Waals surface area contributed by atoms with Crippen LogP contribution in [-0.2, 0) is 4.79 Å². The lowest BCUT2D eigenvalue weighted by Crippen LogP contribution is -2.50. The van der Waals surface area contributed by atoms with Crippen LogP contribution < -0.4 is 5.73 Å². The Hall–Kier alpha value is -0.610. The molecular formula is C13H25N3O. The number of hydrogen-bond donors (Lipinski definition) is 1. The number of likely N-dealkylation sites (tertiary alicyclic amines) is 1. The van der Waals surface area contributed by atoms with Gasteiger partial charge in [0.1, 0.15) is 0 Å². The van der Waals surface area contributed by atoms with E-state index < -0.39 is 0 Å². The normalized spacial score (nSPS) is 27.8. The third kappa shape index (κ3) is 3.19. The van der Waals surface area contributed by atoms with Crippen molar-refractivity contribution in [2.45, 2.75) is 37.6 Å². The van der Waals surface area contributed by atoms with Crippen LogP contribution in [0.5, 0.6) is 0 Å². The summed E-state index contributed by atoms with van der Waals surface area (Å²) in [6.45, 7) is 3.16. The molecule has 2 N–H and O–H groups in total. The lowest BCUT2D eigenvalue weighted by atomic mass is 9.75. The van der Waals surface area contributed by atoms with E-state index in [-0.39, 0.29) is 11.4 Å². The summed E-state index contributed by atoms with van der Waals surface area (Å²) >= 11 is 0. The highest BCUT2D eigenvalue weighted by molar-refractivity contribution is 5.77. The van der Waals surface area contributed by atoms with Gasteiger partial charge in [-0.15, -0.1) is 0 Å². The Balaban J connectivity index is 1.75. The second-order valence-corrected chi connectivity index (χ2v) is 6.08.